The maximum atomic E-state index is 6.72. The maximum Gasteiger partial charge on any atom is 0.113 e. The molecule has 2 aliphatic heterocycles. The van der Waals surface area contributed by atoms with E-state index in [9.17, 15) is 0 Å². The van der Waals surface area contributed by atoms with E-state index in [0.29, 0.717) is 25.7 Å². The predicted molar refractivity (Wildman–Crippen MR) is 152 cm³/mol. The van der Waals surface area contributed by atoms with Gasteiger partial charge in [0.15, 0.2) is 0 Å². The molecule has 1 N–H and O–H groups in total. The smallest absolute Gasteiger partial charge is 0.113 e. The number of rotatable bonds is 11. The van der Waals surface area contributed by atoms with Crippen molar-refractivity contribution in [1.82, 2.24) is 10.2 Å². The third-order valence-electron chi connectivity index (χ3n) is 7.93. The molecule has 202 valence electrons. The van der Waals surface area contributed by atoms with E-state index >= 15 is 0 Å². The van der Waals surface area contributed by atoms with Crippen LogP contribution in [0, 0.1) is 5.92 Å². The van der Waals surface area contributed by atoms with E-state index in [1.165, 1.54) is 29.5 Å². The standard InChI is InChI=1S/C33H42N2O3/c1-26-32(37-24-28-14-7-3-8-15-28)33(38-25-29-16-9-4-10-17-29)31(36-23-27-12-5-2-6-13-27)22-35(26)21-30-18-11-19-34-20-30/h2-10,12-17,26,30-34H,11,18-25H2,1H3/t26-,30?,31+,32-,33-/m1/s1. The van der Waals surface area contributed by atoms with Crippen LogP contribution >= 0.6 is 0 Å². The molecule has 0 aromatic heterocycles. The van der Waals surface area contributed by atoms with Gasteiger partial charge in [-0.15, -0.1) is 0 Å². The minimum atomic E-state index is -0.168. The Balaban J connectivity index is 1.36. The molecule has 0 saturated carbocycles. The van der Waals surface area contributed by atoms with Gasteiger partial charge in [0.25, 0.3) is 0 Å². The average Bonchev–Trinajstić information content (AvgIpc) is 2.98. The summed E-state index contributed by atoms with van der Waals surface area (Å²) in [5.74, 6) is 0.650. The van der Waals surface area contributed by atoms with Crippen LogP contribution in [0.4, 0.5) is 0 Å². The highest BCUT2D eigenvalue weighted by atomic mass is 16.6. The molecule has 3 aromatic carbocycles. The Bertz CT molecular complexity index is 1060. The third-order valence-corrected chi connectivity index (χ3v) is 7.93. The fourth-order valence-corrected chi connectivity index (χ4v) is 5.74. The molecule has 2 saturated heterocycles. The van der Waals surface area contributed by atoms with Crippen molar-refractivity contribution in [3.63, 3.8) is 0 Å². The van der Waals surface area contributed by atoms with Gasteiger partial charge in [0.05, 0.1) is 25.9 Å². The normalized spacial score (nSPS) is 26.3. The first-order valence-electron chi connectivity index (χ1n) is 14.2. The molecule has 0 amide bonds. The molecule has 5 rings (SSSR count). The molecular weight excluding hydrogens is 472 g/mol. The van der Waals surface area contributed by atoms with E-state index < -0.39 is 0 Å². The molecule has 0 spiro atoms. The van der Waals surface area contributed by atoms with Crippen molar-refractivity contribution in [3.8, 4) is 0 Å². The monoisotopic (exact) mass is 514 g/mol. The zero-order chi connectivity index (χ0) is 26.0. The van der Waals surface area contributed by atoms with Crippen molar-refractivity contribution in [2.75, 3.05) is 26.2 Å². The minimum absolute atomic E-state index is 0.0903. The minimum Gasteiger partial charge on any atom is -0.369 e. The van der Waals surface area contributed by atoms with Gasteiger partial charge in [-0.2, -0.15) is 0 Å². The SMILES string of the molecule is C[C@@H]1[C@@H](OCc2ccccc2)[C@H](OCc2ccccc2)[C@@H](OCc2ccccc2)CN1CC1CCCNC1. The summed E-state index contributed by atoms with van der Waals surface area (Å²) >= 11 is 0. The number of ether oxygens (including phenoxy) is 3. The second-order valence-electron chi connectivity index (χ2n) is 10.8. The molecule has 5 nitrogen and oxygen atoms in total. The first-order valence-corrected chi connectivity index (χ1v) is 14.2. The quantitative estimate of drug-likeness (QED) is 0.369. The van der Waals surface area contributed by atoms with Crippen molar-refractivity contribution in [1.29, 1.82) is 0 Å². The van der Waals surface area contributed by atoms with E-state index in [4.69, 9.17) is 14.2 Å². The predicted octanol–water partition coefficient (Wildman–Crippen LogP) is 5.45. The Labute approximate surface area is 228 Å². The first-order chi connectivity index (χ1) is 18.8. The lowest BCUT2D eigenvalue weighted by atomic mass is 9.91. The number of nitrogens with zero attached hydrogens (tertiary/aromatic N) is 1. The van der Waals surface area contributed by atoms with Crippen LogP contribution in [-0.4, -0.2) is 55.4 Å². The number of piperidine rings is 2. The average molecular weight is 515 g/mol. The van der Waals surface area contributed by atoms with Gasteiger partial charge < -0.3 is 19.5 Å². The van der Waals surface area contributed by atoms with Crippen LogP contribution in [-0.2, 0) is 34.0 Å². The molecule has 5 atom stereocenters. The van der Waals surface area contributed by atoms with Crippen LogP contribution in [0.5, 0.6) is 0 Å². The lowest BCUT2D eigenvalue weighted by molar-refractivity contribution is -0.202. The van der Waals surface area contributed by atoms with Crippen LogP contribution in [0.15, 0.2) is 91.0 Å². The highest BCUT2D eigenvalue weighted by Crippen LogP contribution is 2.29. The highest BCUT2D eigenvalue weighted by Gasteiger charge is 2.44. The Morgan fingerprint density at radius 1 is 0.711 bits per heavy atom. The van der Waals surface area contributed by atoms with Crippen LogP contribution in [0.25, 0.3) is 0 Å². The van der Waals surface area contributed by atoms with E-state index in [0.717, 1.165) is 26.2 Å². The Kier molecular flexibility index (Phi) is 9.98. The van der Waals surface area contributed by atoms with Gasteiger partial charge in [-0.3, -0.25) is 4.90 Å². The molecule has 2 aliphatic rings. The van der Waals surface area contributed by atoms with Crippen molar-refractivity contribution in [3.05, 3.63) is 108 Å². The number of hydrogen-bond donors (Lipinski definition) is 1. The van der Waals surface area contributed by atoms with Gasteiger partial charge in [0.2, 0.25) is 0 Å². The second-order valence-corrected chi connectivity index (χ2v) is 10.8. The summed E-state index contributed by atoms with van der Waals surface area (Å²) < 4.78 is 20.1. The van der Waals surface area contributed by atoms with Gasteiger partial charge in [0, 0.05) is 19.1 Å². The van der Waals surface area contributed by atoms with Crippen molar-refractivity contribution in [2.45, 2.75) is 63.9 Å². The second kappa shape index (κ2) is 14.0. The molecule has 2 heterocycles. The summed E-state index contributed by atoms with van der Waals surface area (Å²) in [7, 11) is 0. The molecule has 5 heteroatoms. The van der Waals surface area contributed by atoms with Gasteiger partial charge in [-0.25, -0.2) is 0 Å². The van der Waals surface area contributed by atoms with Crippen LogP contribution in [0.1, 0.15) is 36.5 Å². The van der Waals surface area contributed by atoms with E-state index in [1.807, 2.05) is 18.2 Å². The summed E-state index contributed by atoms with van der Waals surface area (Å²) in [5.41, 5.74) is 3.52. The van der Waals surface area contributed by atoms with E-state index in [1.54, 1.807) is 0 Å². The zero-order valence-corrected chi connectivity index (χ0v) is 22.6. The van der Waals surface area contributed by atoms with Crippen molar-refractivity contribution in [2.24, 2.45) is 5.92 Å². The Morgan fingerprint density at radius 2 is 1.24 bits per heavy atom. The van der Waals surface area contributed by atoms with E-state index in [-0.39, 0.29) is 24.4 Å². The largest absolute Gasteiger partial charge is 0.369 e. The van der Waals surface area contributed by atoms with Crippen LogP contribution in [0.3, 0.4) is 0 Å². The molecule has 1 unspecified atom stereocenters. The first kappa shape index (κ1) is 27.0. The summed E-state index contributed by atoms with van der Waals surface area (Å²) in [6, 6.07) is 31.5. The lowest BCUT2D eigenvalue weighted by Gasteiger charge is -2.48. The van der Waals surface area contributed by atoms with Crippen molar-refractivity contribution >= 4 is 0 Å². The van der Waals surface area contributed by atoms with Crippen molar-refractivity contribution < 1.29 is 14.2 Å². The molecule has 0 bridgehead atoms. The summed E-state index contributed by atoms with van der Waals surface area (Å²) in [6.45, 7) is 8.08. The molecule has 0 radical (unpaired) electrons. The third kappa shape index (κ3) is 7.52. The maximum absolute atomic E-state index is 6.72. The van der Waals surface area contributed by atoms with Gasteiger partial charge in [-0.1, -0.05) is 91.0 Å². The fraction of sp³-hybridized carbons (Fsp3) is 0.455. The number of nitrogens with one attached hydrogen (secondary N) is 1. The summed E-state index contributed by atoms with van der Waals surface area (Å²) in [5, 5.41) is 3.59. The van der Waals surface area contributed by atoms with Crippen LogP contribution in [0.2, 0.25) is 0 Å². The van der Waals surface area contributed by atoms with Gasteiger partial charge in [-0.05, 0) is 55.5 Å². The zero-order valence-electron chi connectivity index (χ0n) is 22.6. The van der Waals surface area contributed by atoms with E-state index in [2.05, 4.69) is 89.9 Å². The Hall–Kier alpha value is -2.54. The highest BCUT2D eigenvalue weighted by molar-refractivity contribution is 5.16. The number of benzene rings is 3. The van der Waals surface area contributed by atoms with Gasteiger partial charge in [0.1, 0.15) is 12.2 Å². The van der Waals surface area contributed by atoms with Crippen LogP contribution < -0.4 is 5.32 Å². The van der Waals surface area contributed by atoms with Gasteiger partial charge >= 0.3 is 0 Å². The molecule has 3 aromatic rings. The molecule has 2 fully saturated rings. The molecule has 38 heavy (non-hydrogen) atoms. The number of likely N-dealkylation sites (tertiary alicyclic amines) is 1. The molecular formula is C33H42N2O3. The Morgan fingerprint density at radius 3 is 1.76 bits per heavy atom. The lowest BCUT2D eigenvalue weighted by Crippen LogP contribution is -2.63. The fourth-order valence-electron chi connectivity index (χ4n) is 5.74. The topological polar surface area (TPSA) is 43.0 Å². The summed E-state index contributed by atoms with van der Waals surface area (Å²) in [4.78, 5) is 2.59. The number of hydrogen-bond acceptors (Lipinski definition) is 5. The molecule has 0 aliphatic carbocycles. The summed E-state index contributed by atoms with van der Waals surface area (Å²) in [6.07, 6.45) is 2.16.